The summed E-state index contributed by atoms with van der Waals surface area (Å²) in [5.74, 6) is -0.271. The zero-order valence-electron chi connectivity index (χ0n) is 10.1. The topological polar surface area (TPSA) is 55.1 Å². The van der Waals surface area contributed by atoms with Crippen molar-refractivity contribution in [1.82, 2.24) is 5.32 Å². The molecule has 0 radical (unpaired) electrons. The number of nitrogens with one attached hydrogen (secondary N) is 1. The molecule has 0 aromatic rings. The SMILES string of the molecule is Cl.NC1CCCC(C(=O)NCCCC(F)(F)F)C1. The molecule has 1 aliphatic rings. The number of nitrogens with two attached hydrogens (primary N) is 1. The minimum absolute atomic E-state index is 0. The van der Waals surface area contributed by atoms with E-state index in [0.29, 0.717) is 6.42 Å². The summed E-state index contributed by atoms with van der Waals surface area (Å²) in [5.41, 5.74) is 5.75. The molecule has 0 aliphatic heterocycles. The number of hydrogen-bond acceptors (Lipinski definition) is 2. The van der Waals surface area contributed by atoms with E-state index in [0.717, 1.165) is 19.3 Å². The normalized spacial score (nSPS) is 24.2. The van der Waals surface area contributed by atoms with E-state index in [2.05, 4.69) is 5.32 Å². The first-order valence-electron chi connectivity index (χ1n) is 5.98. The van der Waals surface area contributed by atoms with Crippen LogP contribution in [0.25, 0.3) is 0 Å². The molecule has 1 fully saturated rings. The predicted molar refractivity (Wildman–Crippen MR) is 65.5 cm³/mol. The fourth-order valence-corrected chi connectivity index (χ4v) is 2.11. The molecule has 2 atom stereocenters. The lowest BCUT2D eigenvalue weighted by Crippen LogP contribution is -2.38. The average molecular weight is 289 g/mol. The molecule has 1 aliphatic carbocycles. The Morgan fingerprint density at radius 2 is 2.00 bits per heavy atom. The first kappa shape index (κ1) is 17.5. The van der Waals surface area contributed by atoms with Crippen molar-refractivity contribution >= 4 is 18.3 Å². The lowest BCUT2D eigenvalue weighted by Gasteiger charge is -2.25. The van der Waals surface area contributed by atoms with Gasteiger partial charge >= 0.3 is 6.18 Å². The Morgan fingerprint density at radius 3 is 2.56 bits per heavy atom. The van der Waals surface area contributed by atoms with E-state index < -0.39 is 12.6 Å². The summed E-state index contributed by atoms with van der Waals surface area (Å²) < 4.78 is 35.6. The van der Waals surface area contributed by atoms with E-state index in [1.54, 1.807) is 0 Å². The molecule has 7 heteroatoms. The van der Waals surface area contributed by atoms with Gasteiger partial charge in [0, 0.05) is 24.9 Å². The number of amides is 1. The highest BCUT2D eigenvalue weighted by atomic mass is 35.5. The van der Waals surface area contributed by atoms with Gasteiger partial charge in [0.05, 0.1) is 0 Å². The van der Waals surface area contributed by atoms with E-state index in [-0.39, 0.29) is 43.2 Å². The summed E-state index contributed by atoms with van der Waals surface area (Å²) >= 11 is 0. The molecule has 3 nitrogen and oxygen atoms in total. The van der Waals surface area contributed by atoms with Crippen LogP contribution >= 0.6 is 12.4 Å². The summed E-state index contributed by atoms with van der Waals surface area (Å²) in [6, 6.07) is 0.0506. The number of alkyl halides is 3. The molecule has 3 N–H and O–H groups in total. The Labute approximate surface area is 111 Å². The van der Waals surface area contributed by atoms with E-state index >= 15 is 0 Å². The summed E-state index contributed by atoms with van der Waals surface area (Å²) in [5, 5.41) is 2.55. The lowest BCUT2D eigenvalue weighted by molar-refractivity contribution is -0.136. The Hall–Kier alpha value is -0.490. The third-order valence-electron chi connectivity index (χ3n) is 3.02. The molecule has 1 rings (SSSR count). The van der Waals surface area contributed by atoms with Gasteiger partial charge in [0.25, 0.3) is 0 Å². The van der Waals surface area contributed by atoms with Gasteiger partial charge in [-0.2, -0.15) is 13.2 Å². The standard InChI is InChI=1S/C11H19F3N2O.ClH/c12-11(13,14)5-2-6-16-10(17)8-3-1-4-9(15)7-8;/h8-9H,1-7,15H2,(H,16,17);1H. The minimum Gasteiger partial charge on any atom is -0.356 e. The van der Waals surface area contributed by atoms with Crippen LogP contribution in [0.3, 0.4) is 0 Å². The smallest absolute Gasteiger partial charge is 0.356 e. The molecule has 0 aromatic heterocycles. The monoisotopic (exact) mass is 288 g/mol. The highest BCUT2D eigenvalue weighted by Gasteiger charge is 2.27. The predicted octanol–water partition coefficient (Wildman–Crippen LogP) is 2.38. The van der Waals surface area contributed by atoms with Gasteiger partial charge < -0.3 is 11.1 Å². The number of hydrogen-bond donors (Lipinski definition) is 2. The Kier molecular flexibility index (Phi) is 7.62. The first-order chi connectivity index (χ1) is 7.88. The van der Waals surface area contributed by atoms with Gasteiger partial charge in [0.2, 0.25) is 5.91 Å². The molecule has 0 aromatic carbocycles. The van der Waals surface area contributed by atoms with Crippen molar-refractivity contribution in [3.8, 4) is 0 Å². The van der Waals surface area contributed by atoms with E-state index in [1.165, 1.54) is 0 Å². The minimum atomic E-state index is -4.14. The van der Waals surface area contributed by atoms with Crippen molar-refractivity contribution in [2.75, 3.05) is 6.54 Å². The molecule has 108 valence electrons. The van der Waals surface area contributed by atoms with Crippen LogP contribution in [0.15, 0.2) is 0 Å². The van der Waals surface area contributed by atoms with Crippen LogP contribution in [0, 0.1) is 5.92 Å². The maximum absolute atomic E-state index is 11.9. The van der Waals surface area contributed by atoms with E-state index in [9.17, 15) is 18.0 Å². The summed E-state index contributed by atoms with van der Waals surface area (Å²) in [4.78, 5) is 11.6. The maximum Gasteiger partial charge on any atom is 0.389 e. The van der Waals surface area contributed by atoms with Gasteiger partial charge in [-0.15, -0.1) is 12.4 Å². The van der Waals surface area contributed by atoms with Crippen LogP contribution in [-0.4, -0.2) is 24.7 Å². The molecule has 0 saturated heterocycles. The van der Waals surface area contributed by atoms with Gasteiger partial charge in [0.15, 0.2) is 0 Å². The summed E-state index contributed by atoms with van der Waals surface area (Å²) in [6.45, 7) is 0.0874. The maximum atomic E-state index is 11.9. The molecule has 1 saturated carbocycles. The van der Waals surface area contributed by atoms with Crippen LogP contribution < -0.4 is 11.1 Å². The van der Waals surface area contributed by atoms with Gasteiger partial charge in [-0.25, -0.2) is 0 Å². The molecule has 0 bridgehead atoms. The van der Waals surface area contributed by atoms with Crippen molar-refractivity contribution in [1.29, 1.82) is 0 Å². The van der Waals surface area contributed by atoms with Gasteiger partial charge in [0.1, 0.15) is 0 Å². The number of carbonyl (C=O) groups is 1. The lowest BCUT2D eigenvalue weighted by atomic mass is 9.85. The molecular weight excluding hydrogens is 269 g/mol. The zero-order chi connectivity index (χ0) is 12.9. The third-order valence-corrected chi connectivity index (χ3v) is 3.02. The van der Waals surface area contributed by atoms with Crippen LogP contribution in [-0.2, 0) is 4.79 Å². The second-order valence-electron chi connectivity index (χ2n) is 4.63. The Balaban J connectivity index is 0.00000289. The summed E-state index contributed by atoms with van der Waals surface area (Å²) in [6.07, 6.45) is -1.77. The fraction of sp³-hybridized carbons (Fsp3) is 0.909. The molecule has 1 amide bonds. The van der Waals surface area contributed by atoms with Crippen LogP contribution in [0.2, 0.25) is 0 Å². The number of carbonyl (C=O) groups excluding carboxylic acids is 1. The van der Waals surface area contributed by atoms with Crippen molar-refractivity contribution in [3.63, 3.8) is 0 Å². The third kappa shape index (κ3) is 7.06. The second kappa shape index (κ2) is 7.84. The highest BCUT2D eigenvalue weighted by molar-refractivity contribution is 5.85. The Bertz CT molecular complexity index is 261. The van der Waals surface area contributed by atoms with Gasteiger partial charge in [-0.1, -0.05) is 6.42 Å². The molecular formula is C11H20ClF3N2O. The van der Waals surface area contributed by atoms with Crippen molar-refractivity contribution in [3.05, 3.63) is 0 Å². The second-order valence-corrected chi connectivity index (χ2v) is 4.63. The van der Waals surface area contributed by atoms with Crippen molar-refractivity contribution < 1.29 is 18.0 Å². The van der Waals surface area contributed by atoms with Gasteiger partial charge in [-0.05, 0) is 25.7 Å². The Morgan fingerprint density at radius 1 is 1.33 bits per heavy atom. The zero-order valence-corrected chi connectivity index (χ0v) is 10.9. The highest BCUT2D eigenvalue weighted by Crippen LogP contribution is 2.23. The van der Waals surface area contributed by atoms with Crippen LogP contribution in [0.1, 0.15) is 38.5 Å². The molecule has 2 unspecified atom stereocenters. The molecule has 0 spiro atoms. The molecule has 0 heterocycles. The van der Waals surface area contributed by atoms with Crippen molar-refractivity contribution in [2.24, 2.45) is 11.7 Å². The van der Waals surface area contributed by atoms with E-state index in [4.69, 9.17) is 5.73 Å². The summed E-state index contributed by atoms with van der Waals surface area (Å²) in [7, 11) is 0. The quantitative estimate of drug-likeness (QED) is 0.781. The van der Waals surface area contributed by atoms with Crippen molar-refractivity contribution in [2.45, 2.75) is 50.7 Å². The first-order valence-corrected chi connectivity index (χ1v) is 5.98. The van der Waals surface area contributed by atoms with Crippen LogP contribution in [0.4, 0.5) is 13.2 Å². The fourth-order valence-electron chi connectivity index (χ4n) is 2.11. The molecule has 18 heavy (non-hydrogen) atoms. The number of halogens is 4. The average Bonchev–Trinajstić information content (AvgIpc) is 2.23. The number of rotatable bonds is 4. The van der Waals surface area contributed by atoms with Crippen LogP contribution in [0.5, 0.6) is 0 Å². The van der Waals surface area contributed by atoms with Gasteiger partial charge in [-0.3, -0.25) is 4.79 Å². The largest absolute Gasteiger partial charge is 0.389 e. The van der Waals surface area contributed by atoms with E-state index in [1.807, 2.05) is 0 Å².